The quantitative estimate of drug-likeness (QED) is 0.353. The van der Waals surface area contributed by atoms with E-state index in [9.17, 15) is 4.79 Å². The van der Waals surface area contributed by atoms with E-state index >= 15 is 0 Å². The Morgan fingerprint density at radius 1 is 0.947 bits per heavy atom. The Morgan fingerprint density at radius 2 is 1.63 bits per heavy atom. The van der Waals surface area contributed by atoms with Crippen molar-refractivity contribution in [3.63, 3.8) is 0 Å². The van der Waals surface area contributed by atoms with Crippen LogP contribution in [-0.4, -0.2) is 11.1 Å². The minimum absolute atomic E-state index is 0.273. The summed E-state index contributed by atoms with van der Waals surface area (Å²) in [4.78, 5) is 10.3. The van der Waals surface area contributed by atoms with E-state index in [1.807, 2.05) is 0 Å². The van der Waals surface area contributed by atoms with Crippen molar-refractivity contribution in [3.05, 3.63) is 24.3 Å². The van der Waals surface area contributed by atoms with E-state index in [4.69, 9.17) is 5.11 Å². The van der Waals surface area contributed by atoms with Gasteiger partial charge in [0.15, 0.2) is 0 Å². The maximum atomic E-state index is 10.3. The highest BCUT2D eigenvalue weighted by Gasteiger charge is 1.95. The number of hydrogen-bond donors (Lipinski definition) is 1. The van der Waals surface area contributed by atoms with Crippen LogP contribution in [0.3, 0.4) is 0 Å². The predicted octanol–water partition coefficient (Wildman–Crippen LogP) is 5.49. The molecule has 0 aromatic carbocycles. The lowest BCUT2D eigenvalue weighted by Crippen LogP contribution is -1.92. The molecule has 0 radical (unpaired) electrons. The highest BCUT2D eigenvalue weighted by Crippen LogP contribution is 2.14. The van der Waals surface area contributed by atoms with Crippen molar-refractivity contribution in [2.24, 2.45) is 0 Å². The molecule has 0 aromatic heterocycles. The lowest BCUT2D eigenvalue weighted by molar-refractivity contribution is -0.137. The average molecular weight is 266 g/mol. The van der Waals surface area contributed by atoms with Gasteiger partial charge in [0.2, 0.25) is 0 Å². The molecule has 0 fully saturated rings. The molecule has 0 heterocycles. The first kappa shape index (κ1) is 17.9. The summed E-state index contributed by atoms with van der Waals surface area (Å²) in [5.41, 5.74) is 1.35. The largest absolute Gasteiger partial charge is 0.481 e. The maximum Gasteiger partial charge on any atom is 0.303 e. The monoisotopic (exact) mass is 266 g/mol. The third-order valence-corrected chi connectivity index (χ3v) is 3.23. The van der Waals surface area contributed by atoms with Gasteiger partial charge in [0.1, 0.15) is 0 Å². The Balaban J connectivity index is 3.32. The van der Waals surface area contributed by atoms with Gasteiger partial charge in [-0.15, -0.1) is 0 Å². The smallest absolute Gasteiger partial charge is 0.303 e. The molecule has 19 heavy (non-hydrogen) atoms. The number of aliphatic carboxylic acids is 1. The maximum absolute atomic E-state index is 10.3. The zero-order valence-electron chi connectivity index (χ0n) is 12.5. The number of unbranched alkanes of at least 4 members (excludes halogenated alkanes) is 5. The molecule has 0 saturated heterocycles. The summed E-state index contributed by atoms with van der Waals surface area (Å²) in [6.45, 7) is 6.36. The Kier molecular flexibility index (Phi) is 12.6. The third-order valence-electron chi connectivity index (χ3n) is 3.23. The lowest BCUT2D eigenvalue weighted by Gasteiger charge is -2.03. The molecule has 0 saturated carbocycles. The number of allylic oxidation sites excluding steroid dienone is 3. The Hall–Kier alpha value is -1.05. The van der Waals surface area contributed by atoms with Crippen LogP contribution in [-0.2, 0) is 4.79 Å². The topological polar surface area (TPSA) is 37.3 Å². The first-order chi connectivity index (χ1) is 9.16. The molecule has 0 spiro atoms. The third kappa shape index (κ3) is 14.9. The van der Waals surface area contributed by atoms with E-state index < -0.39 is 5.97 Å². The van der Waals surface area contributed by atoms with Gasteiger partial charge < -0.3 is 5.11 Å². The molecular weight excluding hydrogens is 236 g/mol. The van der Waals surface area contributed by atoms with Crippen LogP contribution in [0.25, 0.3) is 0 Å². The van der Waals surface area contributed by atoms with Crippen LogP contribution in [0.5, 0.6) is 0 Å². The molecule has 0 unspecified atom stereocenters. The Bertz CT molecular complexity index is 266. The summed E-state index contributed by atoms with van der Waals surface area (Å²) in [6.07, 6.45) is 16.0. The SMILES string of the molecule is C=C(CC/C=C/CCCC(=O)O)CCCCCCC. The van der Waals surface area contributed by atoms with E-state index in [0.29, 0.717) is 0 Å². The lowest BCUT2D eigenvalue weighted by atomic mass is 10.0. The fraction of sp³-hybridized carbons (Fsp3) is 0.706. The first-order valence-corrected chi connectivity index (χ1v) is 7.70. The molecule has 110 valence electrons. The molecule has 1 N–H and O–H groups in total. The summed E-state index contributed by atoms with van der Waals surface area (Å²) in [6, 6.07) is 0. The van der Waals surface area contributed by atoms with Gasteiger partial charge in [0.25, 0.3) is 0 Å². The van der Waals surface area contributed by atoms with Gasteiger partial charge in [-0.1, -0.05) is 56.9 Å². The molecule has 0 atom stereocenters. The van der Waals surface area contributed by atoms with Gasteiger partial charge in [-0.05, 0) is 38.5 Å². The second-order valence-electron chi connectivity index (χ2n) is 5.21. The van der Waals surface area contributed by atoms with E-state index in [1.165, 1.54) is 37.7 Å². The molecule has 0 aromatic rings. The summed E-state index contributed by atoms with van der Waals surface area (Å²) >= 11 is 0. The van der Waals surface area contributed by atoms with Crippen LogP contribution < -0.4 is 0 Å². The molecule has 0 rings (SSSR count). The zero-order chi connectivity index (χ0) is 14.3. The molecule has 0 aliphatic heterocycles. The van der Waals surface area contributed by atoms with Crippen molar-refractivity contribution in [3.8, 4) is 0 Å². The van der Waals surface area contributed by atoms with Crippen molar-refractivity contribution in [1.29, 1.82) is 0 Å². The van der Waals surface area contributed by atoms with Crippen LogP contribution in [0.4, 0.5) is 0 Å². The molecule has 0 bridgehead atoms. The van der Waals surface area contributed by atoms with Gasteiger partial charge >= 0.3 is 5.97 Å². The molecule has 2 heteroatoms. The second kappa shape index (κ2) is 13.4. The minimum Gasteiger partial charge on any atom is -0.481 e. The van der Waals surface area contributed by atoms with Crippen LogP contribution >= 0.6 is 0 Å². The molecule has 0 aliphatic carbocycles. The highest BCUT2D eigenvalue weighted by molar-refractivity contribution is 5.66. The fourth-order valence-corrected chi connectivity index (χ4v) is 2.00. The molecular formula is C17H30O2. The van der Waals surface area contributed by atoms with E-state index in [2.05, 4.69) is 25.7 Å². The van der Waals surface area contributed by atoms with Crippen molar-refractivity contribution >= 4 is 5.97 Å². The van der Waals surface area contributed by atoms with Crippen molar-refractivity contribution in [2.45, 2.75) is 77.6 Å². The summed E-state index contributed by atoms with van der Waals surface area (Å²) in [7, 11) is 0. The number of carboxylic acid groups (broad SMARTS) is 1. The van der Waals surface area contributed by atoms with Gasteiger partial charge in [-0.25, -0.2) is 0 Å². The standard InChI is InChI=1S/C17H30O2/c1-3-4-5-7-10-13-16(2)14-11-8-6-9-12-15-17(18)19/h6,8H,2-5,7,9-15H2,1H3,(H,18,19)/b8-6+. The van der Waals surface area contributed by atoms with E-state index in [0.717, 1.165) is 32.1 Å². The van der Waals surface area contributed by atoms with Gasteiger partial charge in [-0.2, -0.15) is 0 Å². The Morgan fingerprint density at radius 3 is 2.32 bits per heavy atom. The first-order valence-electron chi connectivity index (χ1n) is 7.70. The zero-order valence-corrected chi connectivity index (χ0v) is 12.5. The van der Waals surface area contributed by atoms with Crippen LogP contribution in [0.15, 0.2) is 24.3 Å². The Labute approximate surface area is 118 Å². The molecule has 2 nitrogen and oxygen atoms in total. The van der Waals surface area contributed by atoms with E-state index in [-0.39, 0.29) is 6.42 Å². The minimum atomic E-state index is -0.704. The predicted molar refractivity (Wildman–Crippen MR) is 82.4 cm³/mol. The van der Waals surface area contributed by atoms with Gasteiger partial charge in [-0.3, -0.25) is 4.79 Å². The summed E-state index contributed by atoms with van der Waals surface area (Å²) in [5.74, 6) is -0.704. The van der Waals surface area contributed by atoms with Gasteiger partial charge in [0, 0.05) is 6.42 Å². The second-order valence-corrected chi connectivity index (χ2v) is 5.21. The fourth-order valence-electron chi connectivity index (χ4n) is 2.00. The van der Waals surface area contributed by atoms with Crippen molar-refractivity contribution < 1.29 is 9.90 Å². The number of hydrogen-bond acceptors (Lipinski definition) is 1. The van der Waals surface area contributed by atoms with E-state index in [1.54, 1.807) is 0 Å². The average Bonchev–Trinajstić information content (AvgIpc) is 2.37. The molecule has 0 aliphatic rings. The van der Waals surface area contributed by atoms with Crippen molar-refractivity contribution in [1.82, 2.24) is 0 Å². The number of rotatable bonds is 13. The normalized spacial score (nSPS) is 11.0. The van der Waals surface area contributed by atoms with Gasteiger partial charge in [0.05, 0.1) is 0 Å². The van der Waals surface area contributed by atoms with Crippen LogP contribution in [0.1, 0.15) is 77.6 Å². The molecule has 0 amide bonds. The number of carboxylic acids is 1. The van der Waals surface area contributed by atoms with Crippen LogP contribution in [0, 0.1) is 0 Å². The van der Waals surface area contributed by atoms with Crippen LogP contribution in [0.2, 0.25) is 0 Å². The summed E-state index contributed by atoms with van der Waals surface area (Å²) < 4.78 is 0. The number of carbonyl (C=O) groups is 1. The van der Waals surface area contributed by atoms with Crippen molar-refractivity contribution in [2.75, 3.05) is 0 Å². The summed E-state index contributed by atoms with van der Waals surface area (Å²) in [5, 5.41) is 8.49. The highest BCUT2D eigenvalue weighted by atomic mass is 16.4.